The van der Waals surface area contributed by atoms with Gasteiger partial charge in [-0.15, -0.1) is 0 Å². The van der Waals surface area contributed by atoms with Crippen molar-refractivity contribution in [2.24, 2.45) is 0 Å². The van der Waals surface area contributed by atoms with E-state index in [4.69, 9.17) is 9.40 Å². The van der Waals surface area contributed by atoms with Gasteiger partial charge in [0.25, 0.3) is 0 Å². The van der Waals surface area contributed by atoms with E-state index in [0.29, 0.717) is 5.89 Å². The molecule has 0 radical (unpaired) electrons. The van der Waals surface area contributed by atoms with E-state index < -0.39 is 0 Å². The molecule has 0 fully saturated rings. The van der Waals surface area contributed by atoms with Crippen LogP contribution in [0.25, 0.3) is 33.7 Å². The highest BCUT2D eigenvalue weighted by atomic mass is 16.3. The minimum Gasteiger partial charge on any atom is -0.436 e. The summed E-state index contributed by atoms with van der Waals surface area (Å²) in [7, 11) is 0. The van der Waals surface area contributed by atoms with Crippen molar-refractivity contribution < 1.29 is 4.42 Å². The van der Waals surface area contributed by atoms with Gasteiger partial charge in [0, 0.05) is 11.1 Å². The second-order valence-corrected chi connectivity index (χ2v) is 7.82. The highest BCUT2D eigenvalue weighted by Gasteiger charge is 2.20. The predicted molar refractivity (Wildman–Crippen MR) is 108 cm³/mol. The van der Waals surface area contributed by atoms with Gasteiger partial charge in [-0.3, -0.25) is 0 Å². The first-order valence-corrected chi connectivity index (χ1v) is 9.00. The summed E-state index contributed by atoms with van der Waals surface area (Å²) in [4.78, 5) is 4.88. The molecule has 0 N–H and O–H groups in total. The van der Waals surface area contributed by atoms with Gasteiger partial charge in [-0.25, -0.2) is 4.98 Å². The Morgan fingerprint density at radius 3 is 2.19 bits per heavy atom. The van der Waals surface area contributed by atoms with E-state index in [-0.39, 0.29) is 5.41 Å². The number of nitrogens with zero attached hydrogens (tertiary/aromatic N) is 1. The molecule has 0 aliphatic heterocycles. The van der Waals surface area contributed by atoms with Crippen LogP contribution in [0.1, 0.15) is 31.9 Å². The highest BCUT2D eigenvalue weighted by Crippen LogP contribution is 2.36. The van der Waals surface area contributed by atoms with Crippen LogP contribution in [-0.2, 0) is 5.41 Å². The van der Waals surface area contributed by atoms with E-state index in [1.807, 2.05) is 18.2 Å². The van der Waals surface area contributed by atoms with Crippen LogP contribution in [0, 0.1) is 6.92 Å². The van der Waals surface area contributed by atoms with Crippen molar-refractivity contribution in [3.63, 3.8) is 0 Å². The average molecular weight is 341 g/mol. The van der Waals surface area contributed by atoms with Gasteiger partial charge in [-0.2, -0.15) is 0 Å². The Hall–Kier alpha value is -2.87. The topological polar surface area (TPSA) is 26.0 Å². The van der Waals surface area contributed by atoms with Gasteiger partial charge in [0.15, 0.2) is 5.58 Å². The Kier molecular flexibility index (Phi) is 3.91. The van der Waals surface area contributed by atoms with E-state index in [2.05, 4.69) is 76.2 Å². The number of aryl methyl sites for hydroxylation is 1. The summed E-state index contributed by atoms with van der Waals surface area (Å²) in [6, 6.07) is 23.0. The second kappa shape index (κ2) is 6.14. The Morgan fingerprint density at radius 1 is 0.808 bits per heavy atom. The number of fused-ring (bicyclic) bond motifs is 1. The Labute approximate surface area is 154 Å². The summed E-state index contributed by atoms with van der Waals surface area (Å²) >= 11 is 0. The summed E-state index contributed by atoms with van der Waals surface area (Å²) in [6.45, 7) is 8.76. The molecule has 3 aromatic carbocycles. The van der Waals surface area contributed by atoms with Crippen LogP contribution in [0.15, 0.2) is 71.1 Å². The van der Waals surface area contributed by atoms with Crippen molar-refractivity contribution in [1.29, 1.82) is 0 Å². The fraction of sp³-hybridized carbons (Fsp3) is 0.208. The van der Waals surface area contributed by atoms with Gasteiger partial charge in [-0.1, -0.05) is 69.3 Å². The van der Waals surface area contributed by atoms with Crippen molar-refractivity contribution >= 4 is 11.1 Å². The van der Waals surface area contributed by atoms with E-state index >= 15 is 0 Å². The minimum absolute atomic E-state index is 0.0351. The van der Waals surface area contributed by atoms with Crippen molar-refractivity contribution in [3.8, 4) is 22.6 Å². The molecule has 1 aromatic heterocycles. The van der Waals surface area contributed by atoms with Crippen LogP contribution >= 0.6 is 0 Å². The first kappa shape index (κ1) is 16.6. The van der Waals surface area contributed by atoms with Crippen LogP contribution in [0.3, 0.4) is 0 Å². The maximum Gasteiger partial charge on any atom is 0.227 e. The molecule has 4 rings (SSSR count). The molecule has 0 aliphatic carbocycles. The predicted octanol–water partition coefficient (Wildman–Crippen LogP) is 6.77. The fourth-order valence-corrected chi connectivity index (χ4v) is 3.23. The Balaban J connectivity index is 2.01. The van der Waals surface area contributed by atoms with Crippen LogP contribution in [0.4, 0.5) is 0 Å². The number of hydrogen-bond donors (Lipinski definition) is 0. The summed E-state index contributed by atoms with van der Waals surface area (Å²) in [5.41, 5.74) is 7.53. The lowest BCUT2D eigenvalue weighted by atomic mass is 9.85. The molecule has 4 aromatic rings. The third kappa shape index (κ3) is 2.92. The molecule has 0 atom stereocenters. The van der Waals surface area contributed by atoms with Crippen molar-refractivity contribution in [2.75, 3.05) is 0 Å². The van der Waals surface area contributed by atoms with Crippen molar-refractivity contribution in [2.45, 2.75) is 33.1 Å². The van der Waals surface area contributed by atoms with Gasteiger partial charge < -0.3 is 4.42 Å². The summed E-state index contributed by atoms with van der Waals surface area (Å²) in [5.74, 6) is 0.682. The first-order valence-electron chi connectivity index (χ1n) is 9.00. The van der Waals surface area contributed by atoms with E-state index in [1.165, 1.54) is 5.56 Å². The van der Waals surface area contributed by atoms with Gasteiger partial charge in [0.1, 0.15) is 5.52 Å². The molecular formula is C24H23NO. The molecule has 0 aliphatic rings. The molecule has 1 heterocycles. The van der Waals surface area contributed by atoms with Gasteiger partial charge in [-0.05, 0) is 47.2 Å². The van der Waals surface area contributed by atoms with Crippen LogP contribution < -0.4 is 0 Å². The van der Waals surface area contributed by atoms with Crippen molar-refractivity contribution in [1.82, 2.24) is 4.98 Å². The molecule has 0 spiro atoms. The maximum absolute atomic E-state index is 6.22. The fourth-order valence-electron chi connectivity index (χ4n) is 3.23. The molecule has 130 valence electrons. The van der Waals surface area contributed by atoms with Gasteiger partial charge in [0.2, 0.25) is 5.89 Å². The molecular weight excluding hydrogens is 318 g/mol. The number of hydrogen-bond acceptors (Lipinski definition) is 2. The molecule has 0 unspecified atom stereocenters. The third-order valence-electron chi connectivity index (χ3n) is 4.82. The number of aromatic nitrogens is 1. The number of rotatable bonds is 2. The maximum atomic E-state index is 6.22. The normalized spacial score (nSPS) is 11.8. The molecule has 26 heavy (non-hydrogen) atoms. The molecule has 2 heteroatoms. The standard InChI is InChI=1S/C24H23NO/c1-16-10-8-9-13-19(16)23-25-22-20(17-11-6-5-7-12-17)14-18(24(2,3)4)15-21(22)26-23/h5-15H,1-4H3. The van der Waals surface area contributed by atoms with Crippen LogP contribution in [0.5, 0.6) is 0 Å². The minimum atomic E-state index is 0.0351. The summed E-state index contributed by atoms with van der Waals surface area (Å²) < 4.78 is 6.22. The van der Waals surface area contributed by atoms with E-state index in [1.54, 1.807) is 0 Å². The monoisotopic (exact) mass is 341 g/mol. The quantitative estimate of drug-likeness (QED) is 0.402. The molecule has 0 saturated carbocycles. The SMILES string of the molecule is Cc1ccccc1-c1nc2c(-c3ccccc3)cc(C(C)(C)C)cc2o1. The lowest BCUT2D eigenvalue weighted by molar-refractivity contribution is 0.584. The smallest absolute Gasteiger partial charge is 0.227 e. The Bertz CT molecular complexity index is 1070. The summed E-state index contributed by atoms with van der Waals surface area (Å²) in [5, 5.41) is 0. The third-order valence-corrected chi connectivity index (χ3v) is 4.82. The molecule has 2 nitrogen and oxygen atoms in total. The molecule has 0 saturated heterocycles. The first-order chi connectivity index (χ1) is 12.4. The second-order valence-electron chi connectivity index (χ2n) is 7.82. The molecule has 0 bridgehead atoms. The van der Waals surface area contributed by atoms with Crippen LogP contribution in [-0.4, -0.2) is 4.98 Å². The lowest BCUT2D eigenvalue weighted by Gasteiger charge is -2.20. The van der Waals surface area contributed by atoms with Gasteiger partial charge >= 0.3 is 0 Å². The van der Waals surface area contributed by atoms with E-state index in [9.17, 15) is 0 Å². The lowest BCUT2D eigenvalue weighted by Crippen LogP contribution is -2.11. The zero-order valence-corrected chi connectivity index (χ0v) is 15.7. The zero-order valence-electron chi connectivity index (χ0n) is 15.7. The average Bonchev–Trinajstić information content (AvgIpc) is 3.05. The Morgan fingerprint density at radius 2 is 1.50 bits per heavy atom. The largest absolute Gasteiger partial charge is 0.436 e. The van der Waals surface area contributed by atoms with Gasteiger partial charge in [0.05, 0.1) is 0 Å². The summed E-state index contributed by atoms with van der Waals surface area (Å²) in [6.07, 6.45) is 0. The van der Waals surface area contributed by atoms with Crippen molar-refractivity contribution in [3.05, 3.63) is 77.9 Å². The van der Waals surface area contributed by atoms with E-state index in [0.717, 1.165) is 33.4 Å². The number of benzene rings is 3. The zero-order chi connectivity index (χ0) is 18.3. The number of oxazole rings is 1. The van der Waals surface area contributed by atoms with Crippen LogP contribution in [0.2, 0.25) is 0 Å². The molecule has 0 amide bonds. The highest BCUT2D eigenvalue weighted by molar-refractivity contribution is 5.93.